The molecule has 0 bridgehead atoms. The molecule has 1 saturated heterocycles. The fourth-order valence-electron chi connectivity index (χ4n) is 3.61. The monoisotopic (exact) mass is 422 g/mol. The summed E-state index contributed by atoms with van der Waals surface area (Å²) in [6.45, 7) is 3.92. The lowest BCUT2D eigenvalue weighted by molar-refractivity contribution is -0.892. The summed E-state index contributed by atoms with van der Waals surface area (Å²) in [5.74, 6) is -0.188. The lowest BCUT2D eigenvalue weighted by Crippen LogP contribution is -3.15. The molecule has 30 heavy (non-hydrogen) atoms. The van der Waals surface area contributed by atoms with Crippen molar-refractivity contribution >= 4 is 29.0 Å². The number of rotatable bonds is 6. The third-order valence-corrected chi connectivity index (χ3v) is 6.29. The zero-order chi connectivity index (χ0) is 20.8. The number of amides is 1. The molecule has 0 aromatic heterocycles. The molecule has 3 aromatic rings. The Kier molecular flexibility index (Phi) is 6.67. The summed E-state index contributed by atoms with van der Waals surface area (Å²) in [5, 5.41) is 3.09. The maximum absolute atomic E-state index is 13.1. The molecule has 0 spiro atoms. The van der Waals surface area contributed by atoms with Crippen molar-refractivity contribution in [3.63, 3.8) is 0 Å². The van der Waals surface area contributed by atoms with Crippen molar-refractivity contribution in [3.8, 4) is 0 Å². The van der Waals surface area contributed by atoms with Gasteiger partial charge in [0.1, 0.15) is 5.82 Å². The highest BCUT2D eigenvalue weighted by molar-refractivity contribution is 7.99. The highest BCUT2D eigenvalue weighted by Gasteiger charge is 2.22. The first-order chi connectivity index (χ1) is 14.7. The van der Waals surface area contributed by atoms with Crippen molar-refractivity contribution in [1.29, 1.82) is 0 Å². The number of hydrogen-bond acceptors (Lipinski definition) is 3. The molecule has 6 heteroatoms. The molecule has 0 saturated carbocycles. The second-order valence-corrected chi connectivity index (χ2v) is 8.47. The number of carbonyl (C=O) groups is 1. The summed E-state index contributed by atoms with van der Waals surface area (Å²) < 4.78 is 13.1. The first-order valence-electron chi connectivity index (χ1n) is 10.1. The van der Waals surface area contributed by atoms with Gasteiger partial charge in [0.15, 0.2) is 6.54 Å². The van der Waals surface area contributed by atoms with Crippen LogP contribution in [0.25, 0.3) is 0 Å². The van der Waals surface area contributed by atoms with Gasteiger partial charge in [-0.05, 0) is 48.5 Å². The minimum atomic E-state index is -0.217. The normalized spacial score (nSPS) is 14.5. The summed E-state index contributed by atoms with van der Waals surface area (Å²) in [6.07, 6.45) is 0. The van der Waals surface area contributed by atoms with E-state index in [1.54, 1.807) is 11.8 Å². The van der Waals surface area contributed by atoms with E-state index in [0.29, 0.717) is 6.54 Å². The second-order valence-electron chi connectivity index (χ2n) is 7.35. The van der Waals surface area contributed by atoms with Crippen molar-refractivity contribution in [2.45, 2.75) is 9.79 Å². The van der Waals surface area contributed by atoms with E-state index in [1.807, 2.05) is 54.6 Å². The van der Waals surface area contributed by atoms with E-state index >= 15 is 0 Å². The van der Waals surface area contributed by atoms with Gasteiger partial charge in [-0.1, -0.05) is 42.1 Å². The van der Waals surface area contributed by atoms with Gasteiger partial charge in [0.05, 0.1) is 31.9 Å². The van der Waals surface area contributed by atoms with Crippen LogP contribution in [0, 0.1) is 5.82 Å². The second kappa shape index (κ2) is 9.78. The number of halogens is 1. The van der Waals surface area contributed by atoms with Crippen LogP contribution < -0.4 is 15.1 Å². The highest BCUT2D eigenvalue weighted by Crippen LogP contribution is 2.33. The molecule has 1 amide bonds. The number of para-hydroxylation sites is 1. The Balaban J connectivity index is 1.31. The molecule has 1 heterocycles. The number of piperazine rings is 1. The lowest BCUT2D eigenvalue weighted by atomic mass is 10.2. The fourth-order valence-corrected chi connectivity index (χ4v) is 4.53. The first-order valence-corrected chi connectivity index (χ1v) is 10.9. The molecule has 0 atom stereocenters. The standard InChI is InChI=1S/C24H24FN3OS/c25-19-10-12-20(13-11-19)28-16-14-27(15-17-28)18-24(29)26-22-8-4-5-9-23(22)30-21-6-2-1-3-7-21/h1-13H,14-18H2,(H,26,29)/p+1. The van der Waals surface area contributed by atoms with Gasteiger partial charge in [-0.25, -0.2) is 4.39 Å². The maximum Gasteiger partial charge on any atom is 0.279 e. The summed E-state index contributed by atoms with van der Waals surface area (Å²) >= 11 is 1.65. The fraction of sp³-hybridized carbons (Fsp3) is 0.208. The van der Waals surface area contributed by atoms with Crippen LogP contribution in [-0.2, 0) is 4.79 Å². The zero-order valence-electron chi connectivity index (χ0n) is 16.7. The third kappa shape index (κ3) is 5.40. The molecule has 4 nitrogen and oxygen atoms in total. The molecule has 154 valence electrons. The van der Waals surface area contributed by atoms with Crippen molar-refractivity contribution < 1.29 is 14.1 Å². The van der Waals surface area contributed by atoms with Gasteiger partial charge in [0.25, 0.3) is 5.91 Å². The number of anilines is 2. The molecule has 1 aliphatic heterocycles. The van der Waals surface area contributed by atoms with Crippen molar-refractivity contribution in [3.05, 3.63) is 84.7 Å². The Bertz CT molecular complexity index is 973. The Morgan fingerprint density at radius 2 is 1.60 bits per heavy atom. The average molecular weight is 423 g/mol. The van der Waals surface area contributed by atoms with Crippen molar-refractivity contribution in [2.24, 2.45) is 0 Å². The van der Waals surface area contributed by atoms with E-state index in [-0.39, 0.29) is 11.7 Å². The SMILES string of the molecule is O=C(C[NH+]1CCN(c2ccc(F)cc2)CC1)Nc1ccccc1Sc1ccccc1. The number of nitrogens with zero attached hydrogens (tertiary/aromatic N) is 1. The van der Waals surface area contributed by atoms with E-state index in [0.717, 1.165) is 47.3 Å². The molecule has 0 unspecified atom stereocenters. The van der Waals surface area contributed by atoms with Gasteiger partial charge < -0.3 is 15.1 Å². The Labute approximate surface area is 180 Å². The number of hydrogen-bond donors (Lipinski definition) is 2. The molecule has 1 fully saturated rings. The highest BCUT2D eigenvalue weighted by atomic mass is 32.2. The van der Waals surface area contributed by atoms with Crippen LogP contribution in [0.4, 0.5) is 15.8 Å². The summed E-state index contributed by atoms with van der Waals surface area (Å²) in [5.41, 5.74) is 1.88. The van der Waals surface area contributed by atoms with Gasteiger partial charge in [-0.3, -0.25) is 4.79 Å². The number of benzene rings is 3. The van der Waals surface area contributed by atoms with E-state index in [4.69, 9.17) is 0 Å². The molecular formula is C24H25FN3OS+. The average Bonchev–Trinajstić information content (AvgIpc) is 2.77. The van der Waals surface area contributed by atoms with Gasteiger partial charge >= 0.3 is 0 Å². The largest absolute Gasteiger partial charge is 0.360 e. The number of nitrogens with one attached hydrogen (secondary N) is 2. The smallest absolute Gasteiger partial charge is 0.279 e. The van der Waals surface area contributed by atoms with Crippen LogP contribution >= 0.6 is 11.8 Å². The number of quaternary nitrogens is 1. The van der Waals surface area contributed by atoms with Crippen molar-refractivity contribution in [2.75, 3.05) is 42.9 Å². The van der Waals surface area contributed by atoms with Crippen molar-refractivity contribution in [1.82, 2.24) is 0 Å². The van der Waals surface area contributed by atoms with Crippen LogP contribution in [-0.4, -0.2) is 38.6 Å². The molecular weight excluding hydrogens is 397 g/mol. The van der Waals surface area contributed by atoms with Gasteiger partial charge in [0.2, 0.25) is 0 Å². The summed E-state index contributed by atoms with van der Waals surface area (Å²) in [6, 6.07) is 24.7. The molecule has 1 aliphatic rings. The minimum Gasteiger partial charge on any atom is -0.360 e. The van der Waals surface area contributed by atoms with Crippen LogP contribution in [0.15, 0.2) is 88.7 Å². The predicted molar refractivity (Wildman–Crippen MR) is 120 cm³/mol. The van der Waals surface area contributed by atoms with Crippen LogP contribution in [0.5, 0.6) is 0 Å². The lowest BCUT2D eigenvalue weighted by Gasteiger charge is -2.33. The first kappa shape index (κ1) is 20.4. The van der Waals surface area contributed by atoms with Gasteiger partial charge in [-0.2, -0.15) is 0 Å². The van der Waals surface area contributed by atoms with E-state index in [1.165, 1.54) is 17.0 Å². The Hall–Kier alpha value is -2.83. The molecule has 2 N–H and O–H groups in total. The molecule has 4 rings (SSSR count). The maximum atomic E-state index is 13.1. The molecule has 0 radical (unpaired) electrons. The van der Waals surface area contributed by atoms with Gasteiger partial charge in [-0.15, -0.1) is 0 Å². The van der Waals surface area contributed by atoms with E-state index < -0.39 is 0 Å². The Morgan fingerprint density at radius 1 is 0.933 bits per heavy atom. The Morgan fingerprint density at radius 3 is 2.33 bits per heavy atom. The van der Waals surface area contributed by atoms with Crippen LogP contribution in [0.1, 0.15) is 0 Å². The zero-order valence-corrected chi connectivity index (χ0v) is 17.5. The molecule has 3 aromatic carbocycles. The third-order valence-electron chi connectivity index (χ3n) is 5.21. The van der Waals surface area contributed by atoms with Gasteiger partial charge in [0, 0.05) is 15.5 Å². The summed E-state index contributed by atoms with van der Waals surface area (Å²) in [7, 11) is 0. The number of carbonyl (C=O) groups excluding carboxylic acids is 1. The summed E-state index contributed by atoms with van der Waals surface area (Å²) in [4.78, 5) is 18.4. The minimum absolute atomic E-state index is 0.0290. The van der Waals surface area contributed by atoms with Crippen LogP contribution in [0.2, 0.25) is 0 Å². The van der Waals surface area contributed by atoms with Crippen LogP contribution in [0.3, 0.4) is 0 Å². The quantitative estimate of drug-likeness (QED) is 0.640. The van der Waals surface area contributed by atoms with E-state index in [9.17, 15) is 9.18 Å². The predicted octanol–water partition coefficient (Wildman–Crippen LogP) is 3.32. The topological polar surface area (TPSA) is 36.8 Å². The molecule has 0 aliphatic carbocycles. The van der Waals surface area contributed by atoms with E-state index in [2.05, 4.69) is 22.3 Å².